The second kappa shape index (κ2) is 4.70. The van der Waals surface area contributed by atoms with E-state index in [2.05, 4.69) is 15.3 Å². The number of aromatic nitrogens is 2. The molecule has 1 N–H and O–H groups in total. The van der Waals surface area contributed by atoms with Gasteiger partial charge in [-0.05, 0) is 6.42 Å². The van der Waals surface area contributed by atoms with Gasteiger partial charge in [0.05, 0.1) is 6.54 Å². The van der Waals surface area contributed by atoms with E-state index in [0.717, 1.165) is 6.92 Å². The Bertz CT molecular complexity index is 339. The Kier molecular flexibility index (Phi) is 3.79. The highest BCUT2D eigenvalue weighted by atomic mass is 35.5. The summed E-state index contributed by atoms with van der Waals surface area (Å²) in [7, 11) is 0. The molecule has 1 aromatic heterocycles. The number of hydrogen-bond acceptors (Lipinski definition) is 3. The summed E-state index contributed by atoms with van der Waals surface area (Å²) in [5.74, 6) is -2.40. The highest BCUT2D eigenvalue weighted by Crippen LogP contribution is 2.21. The van der Waals surface area contributed by atoms with Crippen molar-refractivity contribution in [3.8, 4) is 0 Å². The fourth-order valence-corrected chi connectivity index (χ4v) is 1.36. The Morgan fingerprint density at radius 2 is 2.13 bits per heavy atom. The Labute approximate surface area is 91.9 Å². The largest absolute Gasteiger partial charge is 0.364 e. The molecule has 15 heavy (non-hydrogen) atoms. The Balaban J connectivity index is 2.81. The maximum absolute atomic E-state index is 12.6. The molecule has 0 fully saturated rings. The van der Waals surface area contributed by atoms with Crippen molar-refractivity contribution < 1.29 is 8.78 Å². The average molecular weight is 236 g/mol. The quantitative estimate of drug-likeness (QED) is 0.816. The molecule has 0 aliphatic carbocycles. The van der Waals surface area contributed by atoms with Crippen LogP contribution in [0, 0.1) is 0 Å². The van der Waals surface area contributed by atoms with Gasteiger partial charge in [-0.25, -0.2) is 18.7 Å². The second-order valence-electron chi connectivity index (χ2n) is 3.27. The standard InChI is InChI=1S/C9H12ClF2N3/c1-3-6-7(10)14-5-15-8(6)13-4-9(2,11)12/h5H,3-4H2,1-2H3,(H,13,14,15). The van der Waals surface area contributed by atoms with Crippen LogP contribution in [0.4, 0.5) is 14.6 Å². The highest BCUT2D eigenvalue weighted by molar-refractivity contribution is 6.30. The van der Waals surface area contributed by atoms with E-state index in [1.54, 1.807) is 0 Å². The predicted molar refractivity (Wildman–Crippen MR) is 55.5 cm³/mol. The topological polar surface area (TPSA) is 37.8 Å². The van der Waals surface area contributed by atoms with Gasteiger partial charge in [0.25, 0.3) is 5.92 Å². The van der Waals surface area contributed by atoms with Gasteiger partial charge >= 0.3 is 0 Å². The van der Waals surface area contributed by atoms with Gasteiger partial charge in [0, 0.05) is 12.5 Å². The number of nitrogens with zero attached hydrogens (tertiary/aromatic N) is 2. The highest BCUT2D eigenvalue weighted by Gasteiger charge is 2.21. The predicted octanol–water partition coefficient (Wildman–Crippen LogP) is 2.76. The molecule has 0 aliphatic rings. The lowest BCUT2D eigenvalue weighted by Crippen LogP contribution is -2.24. The number of halogens is 3. The van der Waals surface area contributed by atoms with Crippen LogP contribution in [0.5, 0.6) is 0 Å². The number of rotatable bonds is 4. The first-order valence-corrected chi connectivity index (χ1v) is 4.93. The van der Waals surface area contributed by atoms with E-state index in [9.17, 15) is 8.78 Å². The van der Waals surface area contributed by atoms with Crippen LogP contribution >= 0.6 is 11.6 Å². The van der Waals surface area contributed by atoms with Gasteiger partial charge in [0.1, 0.15) is 17.3 Å². The average Bonchev–Trinajstić information content (AvgIpc) is 2.13. The minimum absolute atomic E-state index is 0.300. The third kappa shape index (κ3) is 3.58. The lowest BCUT2D eigenvalue weighted by atomic mass is 10.2. The van der Waals surface area contributed by atoms with Crippen molar-refractivity contribution in [2.24, 2.45) is 0 Å². The maximum Gasteiger partial charge on any atom is 0.262 e. The summed E-state index contributed by atoms with van der Waals surface area (Å²) in [6.07, 6.45) is 1.84. The molecule has 1 aromatic rings. The number of nitrogens with one attached hydrogen (secondary N) is 1. The summed E-state index contributed by atoms with van der Waals surface area (Å²) in [5.41, 5.74) is 0.656. The van der Waals surface area contributed by atoms with Gasteiger partial charge in [0.2, 0.25) is 0 Å². The van der Waals surface area contributed by atoms with E-state index in [1.807, 2.05) is 6.92 Å². The molecule has 1 heterocycles. The molecule has 0 saturated heterocycles. The van der Waals surface area contributed by atoms with Crippen molar-refractivity contribution in [3.05, 3.63) is 17.0 Å². The molecule has 0 amide bonds. The van der Waals surface area contributed by atoms with Gasteiger partial charge in [-0.1, -0.05) is 18.5 Å². The van der Waals surface area contributed by atoms with Gasteiger partial charge in [0.15, 0.2) is 0 Å². The third-order valence-corrected chi connectivity index (χ3v) is 2.14. The van der Waals surface area contributed by atoms with E-state index < -0.39 is 12.5 Å². The summed E-state index contributed by atoms with van der Waals surface area (Å²) in [4.78, 5) is 7.66. The Morgan fingerprint density at radius 3 is 2.67 bits per heavy atom. The van der Waals surface area contributed by atoms with Gasteiger partial charge in [-0.2, -0.15) is 0 Å². The summed E-state index contributed by atoms with van der Waals surface area (Å²) in [6, 6.07) is 0. The minimum Gasteiger partial charge on any atom is -0.364 e. The molecule has 0 aliphatic heterocycles. The van der Waals surface area contributed by atoms with Gasteiger partial charge in [-0.3, -0.25) is 0 Å². The molecule has 3 nitrogen and oxygen atoms in total. The zero-order valence-electron chi connectivity index (χ0n) is 8.52. The van der Waals surface area contributed by atoms with E-state index >= 15 is 0 Å². The molecule has 0 saturated carbocycles. The van der Waals surface area contributed by atoms with Crippen LogP contribution in [0.1, 0.15) is 19.4 Å². The van der Waals surface area contributed by atoms with Crippen LogP contribution in [0.2, 0.25) is 5.15 Å². The van der Waals surface area contributed by atoms with Gasteiger partial charge in [-0.15, -0.1) is 0 Å². The van der Waals surface area contributed by atoms with Crippen molar-refractivity contribution in [1.29, 1.82) is 0 Å². The smallest absolute Gasteiger partial charge is 0.262 e. The van der Waals surface area contributed by atoms with Crippen LogP contribution in [-0.2, 0) is 6.42 Å². The third-order valence-electron chi connectivity index (χ3n) is 1.81. The van der Waals surface area contributed by atoms with Crippen molar-refractivity contribution in [2.75, 3.05) is 11.9 Å². The summed E-state index contributed by atoms with van der Waals surface area (Å²) in [6.45, 7) is 2.24. The van der Waals surface area contributed by atoms with E-state index in [0.29, 0.717) is 23.0 Å². The molecule has 6 heteroatoms. The number of anilines is 1. The molecule has 0 bridgehead atoms. The Hall–Kier alpha value is -0.970. The van der Waals surface area contributed by atoms with Gasteiger partial charge < -0.3 is 5.32 Å². The normalized spacial score (nSPS) is 11.5. The lowest BCUT2D eigenvalue weighted by molar-refractivity contribution is 0.0366. The minimum atomic E-state index is -2.78. The molecule has 0 unspecified atom stereocenters. The maximum atomic E-state index is 12.6. The number of alkyl halides is 2. The lowest BCUT2D eigenvalue weighted by Gasteiger charge is -2.14. The summed E-state index contributed by atoms with van der Waals surface area (Å²) >= 11 is 5.80. The summed E-state index contributed by atoms with van der Waals surface area (Å²) in [5, 5.41) is 2.86. The van der Waals surface area contributed by atoms with Crippen LogP contribution in [0.15, 0.2) is 6.33 Å². The fraction of sp³-hybridized carbons (Fsp3) is 0.556. The van der Waals surface area contributed by atoms with Crippen molar-refractivity contribution >= 4 is 17.4 Å². The first-order valence-electron chi connectivity index (χ1n) is 4.55. The zero-order chi connectivity index (χ0) is 11.5. The van der Waals surface area contributed by atoms with E-state index in [-0.39, 0.29) is 0 Å². The first kappa shape index (κ1) is 12.1. The van der Waals surface area contributed by atoms with Crippen molar-refractivity contribution in [3.63, 3.8) is 0 Å². The monoisotopic (exact) mass is 235 g/mol. The van der Waals surface area contributed by atoms with Crippen molar-refractivity contribution in [1.82, 2.24) is 9.97 Å². The van der Waals surface area contributed by atoms with Crippen LogP contribution in [0.3, 0.4) is 0 Å². The Morgan fingerprint density at radius 1 is 1.47 bits per heavy atom. The molecule has 0 radical (unpaired) electrons. The molecule has 0 aromatic carbocycles. The van der Waals surface area contributed by atoms with Crippen LogP contribution < -0.4 is 5.32 Å². The zero-order valence-corrected chi connectivity index (χ0v) is 9.28. The molecule has 84 valence electrons. The van der Waals surface area contributed by atoms with E-state index in [4.69, 9.17) is 11.6 Å². The molecule has 0 atom stereocenters. The SMILES string of the molecule is CCc1c(Cl)ncnc1NCC(C)(F)F. The second-order valence-corrected chi connectivity index (χ2v) is 3.63. The van der Waals surface area contributed by atoms with Crippen LogP contribution in [-0.4, -0.2) is 22.4 Å². The van der Waals surface area contributed by atoms with E-state index in [1.165, 1.54) is 6.33 Å². The van der Waals surface area contributed by atoms with Crippen molar-refractivity contribution in [2.45, 2.75) is 26.2 Å². The fourth-order valence-electron chi connectivity index (χ4n) is 1.10. The number of hydrogen-bond donors (Lipinski definition) is 1. The van der Waals surface area contributed by atoms with Crippen LogP contribution in [0.25, 0.3) is 0 Å². The molecular formula is C9H12ClF2N3. The molecule has 1 rings (SSSR count). The molecule has 0 spiro atoms. The first-order chi connectivity index (χ1) is 6.94. The molecular weight excluding hydrogens is 224 g/mol. The summed E-state index contributed by atoms with van der Waals surface area (Å²) < 4.78 is 25.2.